The molecule has 1 heterocycles. The highest BCUT2D eigenvalue weighted by Crippen LogP contribution is 2.43. The van der Waals surface area contributed by atoms with Crippen LogP contribution in [0.25, 0.3) is 5.76 Å². The van der Waals surface area contributed by atoms with Crippen molar-refractivity contribution in [3.63, 3.8) is 0 Å². The largest absolute Gasteiger partial charge is 0.507 e. The van der Waals surface area contributed by atoms with Crippen LogP contribution >= 0.6 is 0 Å². The van der Waals surface area contributed by atoms with Crippen molar-refractivity contribution in [1.82, 2.24) is 0 Å². The van der Waals surface area contributed by atoms with E-state index >= 15 is 0 Å². The quantitative estimate of drug-likeness (QED) is 0.210. The number of Topliss-reactive ketones (excluding diaryl/α,β-unsaturated/α-hetero) is 1. The normalized spacial score (nSPS) is 17.1. The minimum Gasteiger partial charge on any atom is -0.507 e. The molecule has 1 N–H and O–H groups in total. The van der Waals surface area contributed by atoms with Crippen LogP contribution in [0.2, 0.25) is 0 Å². The minimum absolute atomic E-state index is 0.0213. The number of carbonyl (C=O) groups excluding carboxylic acids is 2. The topological polar surface area (TPSA) is 60.9 Å². The first-order chi connectivity index (χ1) is 18.4. The molecule has 204 valence electrons. The molecule has 0 aliphatic carbocycles. The van der Waals surface area contributed by atoms with Gasteiger partial charge >= 0.3 is 0 Å². The van der Waals surface area contributed by atoms with Crippen LogP contribution in [-0.4, -0.2) is 29.9 Å². The maximum Gasteiger partial charge on any atom is 0.300 e. The maximum atomic E-state index is 14.3. The van der Waals surface area contributed by atoms with Gasteiger partial charge in [0.2, 0.25) is 0 Å². The van der Waals surface area contributed by atoms with Gasteiger partial charge in [-0.1, -0.05) is 45.0 Å². The lowest BCUT2D eigenvalue weighted by Crippen LogP contribution is -2.29. The number of benzene rings is 3. The molecule has 3 aromatic carbocycles. The second-order valence-corrected chi connectivity index (χ2v) is 10.8. The Labute approximate surface area is 228 Å². The molecular weight excluding hydrogens is 498 g/mol. The highest BCUT2D eigenvalue weighted by Gasteiger charge is 2.47. The van der Waals surface area contributed by atoms with Gasteiger partial charge in [-0.3, -0.25) is 14.5 Å². The van der Waals surface area contributed by atoms with Crippen molar-refractivity contribution in [1.29, 1.82) is 0 Å². The zero-order chi connectivity index (χ0) is 28.6. The number of halogens is 2. The monoisotopic (exact) mass is 532 g/mol. The zero-order valence-corrected chi connectivity index (χ0v) is 23.2. The number of hydrogen-bond donors (Lipinski definition) is 1. The molecule has 3 aromatic rings. The average molecular weight is 533 g/mol. The molecule has 7 heteroatoms. The van der Waals surface area contributed by atoms with Crippen LogP contribution in [0.4, 0.5) is 20.2 Å². The van der Waals surface area contributed by atoms with Gasteiger partial charge in [-0.25, -0.2) is 8.78 Å². The van der Waals surface area contributed by atoms with Gasteiger partial charge in [-0.2, -0.15) is 0 Å². The van der Waals surface area contributed by atoms with E-state index in [9.17, 15) is 23.5 Å². The fraction of sp³-hybridized carbons (Fsp3) is 0.312. The minimum atomic E-state index is -1.14. The second kappa shape index (κ2) is 10.6. The Bertz CT molecular complexity index is 1450. The van der Waals surface area contributed by atoms with Gasteiger partial charge in [0.15, 0.2) is 11.6 Å². The summed E-state index contributed by atoms with van der Waals surface area (Å²) in [6.07, 6.45) is 0. The van der Waals surface area contributed by atoms with Crippen LogP contribution < -0.4 is 9.80 Å². The molecule has 1 fully saturated rings. The zero-order valence-electron chi connectivity index (χ0n) is 23.2. The van der Waals surface area contributed by atoms with Gasteiger partial charge in [0.25, 0.3) is 11.7 Å². The van der Waals surface area contributed by atoms with Crippen molar-refractivity contribution in [3.8, 4) is 0 Å². The Morgan fingerprint density at radius 1 is 0.923 bits per heavy atom. The first-order valence-electron chi connectivity index (χ1n) is 13.1. The highest BCUT2D eigenvalue weighted by atomic mass is 19.2. The number of hydrogen-bond acceptors (Lipinski definition) is 4. The number of anilines is 2. The second-order valence-electron chi connectivity index (χ2n) is 10.8. The summed E-state index contributed by atoms with van der Waals surface area (Å²) in [5.74, 6) is -4.33. The molecule has 1 aliphatic rings. The number of rotatable bonds is 6. The summed E-state index contributed by atoms with van der Waals surface area (Å²) in [4.78, 5) is 30.2. The van der Waals surface area contributed by atoms with E-state index < -0.39 is 29.4 Å². The van der Waals surface area contributed by atoms with E-state index in [4.69, 9.17) is 0 Å². The third kappa shape index (κ3) is 5.18. The molecule has 1 amide bonds. The Morgan fingerprint density at radius 3 is 2.13 bits per heavy atom. The summed E-state index contributed by atoms with van der Waals surface area (Å²) in [6.45, 7) is 13.6. The average Bonchev–Trinajstić information content (AvgIpc) is 3.16. The number of aliphatic hydroxyl groups is 1. The first kappa shape index (κ1) is 28.0. The standard InChI is InChI=1S/C32H34F2N2O3/c1-7-35(8-2)22-13-10-20(11-14-22)28-27(29(37)24-17-21(32(4,5)6)12-9-19(24)3)30(38)31(39)36(28)23-15-16-25(33)26(34)18-23/h9-18,28,37H,7-8H2,1-6H3/b29-27+. The number of aliphatic hydroxyl groups excluding tert-OH is 1. The molecule has 1 aliphatic heterocycles. The SMILES string of the molecule is CCN(CC)c1ccc(C2/C(=C(\O)c3cc(C(C)(C)C)ccc3C)C(=O)C(=O)N2c2ccc(F)c(F)c2)cc1. The van der Waals surface area contributed by atoms with Gasteiger partial charge in [-0.05, 0) is 73.2 Å². The van der Waals surface area contributed by atoms with Crippen molar-refractivity contribution in [2.24, 2.45) is 0 Å². The lowest BCUT2D eigenvalue weighted by atomic mass is 9.84. The highest BCUT2D eigenvalue weighted by molar-refractivity contribution is 6.51. The number of aryl methyl sites for hydroxylation is 1. The molecule has 0 aromatic heterocycles. The smallest absolute Gasteiger partial charge is 0.300 e. The summed E-state index contributed by atoms with van der Waals surface area (Å²) in [5, 5.41) is 11.6. The third-order valence-corrected chi connectivity index (χ3v) is 7.32. The molecular formula is C32H34F2N2O3. The maximum absolute atomic E-state index is 14.3. The van der Waals surface area contributed by atoms with Gasteiger partial charge in [0.05, 0.1) is 11.6 Å². The summed E-state index contributed by atoms with van der Waals surface area (Å²) in [7, 11) is 0. The van der Waals surface area contributed by atoms with Crippen molar-refractivity contribution in [2.75, 3.05) is 22.9 Å². The van der Waals surface area contributed by atoms with Gasteiger partial charge < -0.3 is 10.0 Å². The molecule has 4 rings (SSSR count). The Hall–Kier alpha value is -4.00. The molecule has 0 bridgehead atoms. The third-order valence-electron chi connectivity index (χ3n) is 7.32. The van der Waals surface area contributed by atoms with E-state index in [-0.39, 0.29) is 22.4 Å². The van der Waals surface area contributed by atoms with Crippen molar-refractivity contribution in [2.45, 2.75) is 53.0 Å². The molecule has 5 nitrogen and oxygen atoms in total. The first-order valence-corrected chi connectivity index (χ1v) is 13.1. The van der Waals surface area contributed by atoms with Gasteiger partial charge in [-0.15, -0.1) is 0 Å². The van der Waals surface area contributed by atoms with E-state index in [1.807, 2.05) is 71.9 Å². The van der Waals surface area contributed by atoms with Crippen molar-refractivity contribution >= 4 is 28.8 Å². The van der Waals surface area contributed by atoms with E-state index in [0.717, 1.165) is 46.9 Å². The van der Waals surface area contributed by atoms with Crippen LogP contribution in [0, 0.1) is 18.6 Å². The van der Waals surface area contributed by atoms with Crippen LogP contribution in [0.15, 0.2) is 66.2 Å². The van der Waals surface area contributed by atoms with E-state index in [0.29, 0.717) is 11.1 Å². The Balaban J connectivity index is 1.96. The summed E-state index contributed by atoms with van der Waals surface area (Å²) in [5.41, 5.74) is 3.33. The van der Waals surface area contributed by atoms with E-state index in [2.05, 4.69) is 4.90 Å². The van der Waals surface area contributed by atoms with Gasteiger partial charge in [0.1, 0.15) is 5.76 Å². The van der Waals surface area contributed by atoms with Crippen molar-refractivity contribution in [3.05, 3.63) is 100 Å². The summed E-state index contributed by atoms with van der Waals surface area (Å²) >= 11 is 0. The molecule has 0 saturated carbocycles. The molecule has 0 spiro atoms. The predicted octanol–water partition coefficient (Wildman–Crippen LogP) is 7.04. The Morgan fingerprint density at radius 2 is 1.56 bits per heavy atom. The summed E-state index contributed by atoms with van der Waals surface area (Å²) in [6, 6.07) is 15.1. The fourth-order valence-electron chi connectivity index (χ4n) is 4.99. The molecule has 1 unspecified atom stereocenters. The lowest BCUT2D eigenvalue weighted by Gasteiger charge is -2.27. The molecule has 0 radical (unpaired) electrons. The lowest BCUT2D eigenvalue weighted by molar-refractivity contribution is -0.132. The van der Waals surface area contributed by atoms with Crippen LogP contribution in [0.1, 0.15) is 62.9 Å². The number of amides is 1. The Kier molecular flexibility index (Phi) is 7.64. The predicted molar refractivity (Wildman–Crippen MR) is 151 cm³/mol. The fourth-order valence-corrected chi connectivity index (χ4v) is 4.99. The van der Waals surface area contributed by atoms with E-state index in [1.165, 1.54) is 6.07 Å². The van der Waals surface area contributed by atoms with Crippen LogP contribution in [-0.2, 0) is 15.0 Å². The molecule has 1 saturated heterocycles. The number of ketones is 1. The van der Waals surface area contributed by atoms with Crippen molar-refractivity contribution < 1.29 is 23.5 Å². The number of carbonyl (C=O) groups is 2. The summed E-state index contributed by atoms with van der Waals surface area (Å²) < 4.78 is 28.0. The van der Waals surface area contributed by atoms with Gasteiger partial charge in [0, 0.05) is 36.1 Å². The number of nitrogens with zero attached hydrogens (tertiary/aromatic N) is 2. The molecule has 39 heavy (non-hydrogen) atoms. The van der Waals surface area contributed by atoms with Crippen LogP contribution in [0.3, 0.4) is 0 Å². The van der Waals surface area contributed by atoms with Crippen LogP contribution in [0.5, 0.6) is 0 Å². The van der Waals surface area contributed by atoms with E-state index in [1.54, 1.807) is 12.1 Å². The molecule has 1 atom stereocenters.